The first-order valence-electron chi connectivity index (χ1n) is 8.55. The van der Waals surface area contributed by atoms with E-state index < -0.39 is 5.97 Å². The van der Waals surface area contributed by atoms with Gasteiger partial charge in [0.15, 0.2) is 5.58 Å². The minimum absolute atomic E-state index is 0.0939. The first-order valence-corrected chi connectivity index (χ1v) is 8.55. The van der Waals surface area contributed by atoms with Gasteiger partial charge in [-0.25, -0.2) is 9.78 Å². The molecule has 0 unspecified atom stereocenters. The van der Waals surface area contributed by atoms with Crippen molar-refractivity contribution >= 4 is 29.2 Å². The number of carboxylic acids is 1. The maximum Gasteiger partial charge on any atom is 0.335 e. The minimum Gasteiger partial charge on any atom is -0.478 e. The third-order valence-corrected chi connectivity index (χ3v) is 4.33. The van der Waals surface area contributed by atoms with Crippen LogP contribution in [0, 0.1) is 11.3 Å². The largest absolute Gasteiger partial charge is 0.478 e. The van der Waals surface area contributed by atoms with Gasteiger partial charge in [-0.2, -0.15) is 5.26 Å². The molecular formula is C23H14N2O3. The van der Waals surface area contributed by atoms with Crippen molar-refractivity contribution in [2.45, 2.75) is 0 Å². The highest BCUT2D eigenvalue weighted by Crippen LogP contribution is 2.24. The number of hydrogen-bond acceptors (Lipinski definition) is 4. The van der Waals surface area contributed by atoms with Gasteiger partial charge >= 0.3 is 5.97 Å². The summed E-state index contributed by atoms with van der Waals surface area (Å²) in [6, 6.07) is 21.8. The van der Waals surface area contributed by atoms with E-state index >= 15 is 0 Å². The van der Waals surface area contributed by atoms with E-state index in [1.54, 1.807) is 12.1 Å². The van der Waals surface area contributed by atoms with Crippen molar-refractivity contribution in [3.63, 3.8) is 0 Å². The number of nitrogens with zero attached hydrogens (tertiary/aromatic N) is 2. The van der Waals surface area contributed by atoms with Crippen molar-refractivity contribution in [2.75, 3.05) is 0 Å². The molecule has 0 fully saturated rings. The summed E-state index contributed by atoms with van der Waals surface area (Å²) in [6.07, 6.45) is 3.66. The summed E-state index contributed by atoms with van der Waals surface area (Å²) in [5, 5.41) is 18.3. The van der Waals surface area contributed by atoms with Crippen LogP contribution in [0.1, 0.15) is 27.0 Å². The second-order valence-electron chi connectivity index (χ2n) is 6.16. The standard InChI is InChI=1S/C23H14N2O3/c24-14-19-13-18(23(26)27)12-11-16(19)8-5-15-6-9-17(10-7-15)22-25-20-3-1-2-4-21(20)28-22/h1-13H,(H,26,27). The molecule has 5 heteroatoms. The fourth-order valence-electron chi connectivity index (χ4n) is 2.85. The number of carbonyl (C=O) groups is 1. The zero-order valence-electron chi connectivity index (χ0n) is 14.7. The fraction of sp³-hybridized carbons (Fsp3) is 0. The number of nitriles is 1. The second-order valence-corrected chi connectivity index (χ2v) is 6.16. The molecule has 0 bridgehead atoms. The van der Waals surface area contributed by atoms with Gasteiger partial charge in [-0.1, -0.05) is 42.5 Å². The van der Waals surface area contributed by atoms with Crippen molar-refractivity contribution < 1.29 is 14.3 Å². The van der Waals surface area contributed by atoms with Gasteiger partial charge in [-0.05, 0) is 47.5 Å². The van der Waals surface area contributed by atoms with E-state index in [9.17, 15) is 10.1 Å². The van der Waals surface area contributed by atoms with Gasteiger partial charge in [-0.15, -0.1) is 0 Å². The van der Waals surface area contributed by atoms with Crippen molar-refractivity contribution in [1.82, 2.24) is 4.98 Å². The van der Waals surface area contributed by atoms with Crippen LogP contribution in [0.3, 0.4) is 0 Å². The molecule has 0 saturated carbocycles. The lowest BCUT2D eigenvalue weighted by Gasteiger charge is -2.01. The molecule has 1 N–H and O–H groups in total. The third kappa shape index (κ3) is 3.39. The van der Waals surface area contributed by atoms with Gasteiger partial charge in [0.25, 0.3) is 0 Å². The van der Waals surface area contributed by atoms with Crippen molar-refractivity contribution in [3.05, 3.63) is 89.0 Å². The Morgan fingerprint density at radius 3 is 2.54 bits per heavy atom. The van der Waals surface area contributed by atoms with Crippen LogP contribution in [-0.2, 0) is 0 Å². The lowest BCUT2D eigenvalue weighted by molar-refractivity contribution is 0.0697. The Labute approximate surface area is 160 Å². The highest BCUT2D eigenvalue weighted by atomic mass is 16.4. The summed E-state index contributed by atoms with van der Waals surface area (Å²) >= 11 is 0. The molecule has 0 atom stereocenters. The number of carboxylic acid groups (broad SMARTS) is 1. The lowest BCUT2D eigenvalue weighted by Crippen LogP contribution is -1.97. The number of para-hydroxylation sites is 2. The third-order valence-electron chi connectivity index (χ3n) is 4.33. The second kappa shape index (κ2) is 7.22. The normalized spacial score (nSPS) is 11.0. The Morgan fingerprint density at radius 1 is 1.04 bits per heavy atom. The molecule has 3 aromatic carbocycles. The van der Waals surface area contributed by atoms with Gasteiger partial charge in [0, 0.05) is 5.56 Å². The predicted molar refractivity (Wildman–Crippen MR) is 106 cm³/mol. The Hall–Kier alpha value is -4.17. The molecular weight excluding hydrogens is 352 g/mol. The van der Waals surface area contributed by atoms with Gasteiger partial charge in [0.1, 0.15) is 5.52 Å². The number of rotatable bonds is 4. The topological polar surface area (TPSA) is 87.1 Å². The number of hydrogen-bond donors (Lipinski definition) is 1. The molecule has 0 spiro atoms. The number of benzene rings is 3. The molecule has 1 heterocycles. The maximum atomic E-state index is 11.0. The SMILES string of the molecule is N#Cc1cc(C(=O)O)ccc1C=Cc1ccc(-c2nc3ccccc3o2)cc1. The van der Waals surface area contributed by atoms with Crippen LogP contribution in [0.4, 0.5) is 0 Å². The van der Waals surface area contributed by atoms with Crippen LogP contribution in [0.15, 0.2) is 71.1 Å². The molecule has 0 saturated heterocycles. The molecule has 134 valence electrons. The molecule has 5 nitrogen and oxygen atoms in total. The summed E-state index contributed by atoms with van der Waals surface area (Å²) in [4.78, 5) is 15.5. The van der Waals surface area contributed by atoms with Gasteiger partial charge in [0.05, 0.1) is 17.2 Å². The highest BCUT2D eigenvalue weighted by molar-refractivity contribution is 5.89. The quantitative estimate of drug-likeness (QED) is 0.499. The number of aromatic nitrogens is 1. The minimum atomic E-state index is -1.05. The van der Waals surface area contributed by atoms with E-state index in [0.717, 1.165) is 22.2 Å². The number of oxazole rings is 1. The van der Waals surface area contributed by atoms with Crippen molar-refractivity contribution in [2.24, 2.45) is 0 Å². The Morgan fingerprint density at radius 2 is 1.82 bits per heavy atom. The molecule has 0 aliphatic heterocycles. The van der Waals surface area contributed by atoms with E-state index in [0.29, 0.717) is 17.0 Å². The summed E-state index contributed by atoms with van der Waals surface area (Å²) < 4.78 is 5.77. The molecule has 0 aliphatic rings. The van der Waals surface area contributed by atoms with Crippen LogP contribution in [0.2, 0.25) is 0 Å². The molecule has 28 heavy (non-hydrogen) atoms. The first-order chi connectivity index (χ1) is 13.6. The van der Waals surface area contributed by atoms with Gasteiger partial charge in [0.2, 0.25) is 5.89 Å². The number of fused-ring (bicyclic) bond motifs is 1. The van der Waals surface area contributed by atoms with E-state index in [1.165, 1.54) is 12.1 Å². The molecule has 4 rings (SSSR count). The highest BCUT2D eigenvalue weighted by Gasteiger charge is 2.08. The average Bonchev–Trinajstić information content (AvgIpc) is 3.16. The molecule has 4 aromatic rings. The zero-order chi connectivity index (χ0) is 19.5. The Balaban J connectivity index is 1.58. The monoisotopic (exact) mass is 366 g/mol. The van der Waals surface area contributed by atoms with E-state index in [4.69, 9.17) is 9.52 Å². The lowest BCUT2D eigenvalue weighted by atomic mass is 10.0. The molecule has 1 aromatic heterocycles. The van der Waals surface area contributed by atoms with Crippen LogP contribution in [-0.4, -0.2) is 16.1 Å². The Kier molecular flexibility index (Phi) is 4.45. The van der Waals surface area contributed by atoms with Crippen LogP contribution in [0.25, 0.3) is 34.7 Å². The van der Waals surface area contributed by atoms with Crippen molar-refractivity contribution in [3.8, 4) is 17.5 Å². The maximum absolute atomic E-state index is 11.0. The summed E-state index contributed by atoms with van der Waals surface area (Å²) in [6.45, 7) is 0. The summed E-state index contributed by atoms with van der Waals surface area (Å²) in [5.74, 6) is -0.491. The van der Waals surface area contributed by atoms with E-state index in [1.807, 2.05) is 60.7 Å². The van der Waals surface area contributed by atoms with Crippen LogP contribution >= 0.6 is 0 Å². The first kappa shape index (κ1) is 17.3. The average molecular weight is 366 g/mol. The Bertz CT molecular complexity index is 1210. The predicted octanol–water partition coefficient (Wildman–Crippen LogP) is 5.24. The van der Waals surface area contributed by atoms with E-state index in [-0.39, 0.29) is 5.56 Å². The van der Waals surface area contributed by atoms with Gasteiger partial charge < -0.3 is 9.52 Å². The number of aromatic carboxylic acids is 1. The van der Waals surface area contributed by atoms with E-state index in [2.05, 4.69) is 4.98 Å². The van der Waals surface area contributed by atoms with Crippen LogP contribution in [0.5, 0.6) is 0 Å². The van der Waals surface area contributed by atoms with Crippen molar-refractivity contribution in [1.29, 1.82) is 5.26 Å². The zero-order valence-corrected chi connectivity index (χ0v) is 14.7. The summed E-state index contributed by atoms with van der Waals surface area (Å²) in [5.41, 5.74) is 4.44. The molecule has 0 amide bonds. The molecule has 0 radical (unpaired) electrons. The summed E-state index contributed by atoms with van der Waals surface area (Å²) in [7, 11) is 0. The van der Waals surface area contributed by atoms with Gasteiger partial charge in [-0.3, -0.25) is 0 Å². The fourth-order valence-corrected chi connectivity index (χ4v) is 2.85. The van der Waals surface area contributed by atoms with Crippen LogP contribution < -0.4 is 0 Å². The smallest absolute Gasteiger partial charge is 0.335 e. The molecule has 0 aliphatic carbocycles.